The summed E-state index contributed by atoms with van der Waals surface area (Å²) in [6.07, 6.45) is 64.0. The number of ether oxygens (including phenoxy) is 1. The third-order valence-corrected chi connectivity index (χ3v) is 13.6. The Hall–Kier alpha value is -0.120. The summed E-state index contributed by atoms with van der Waals surface area (Å²) in [5.74, 6) is 0. The van der Waals surface area contributed by atoms with Gasteiger partial charge in [0.15, 0.2) is 0 Å². The zero-order chi connectivity index (χ0) is 42.1. The van der Waals surface area contributed by atoms with Crippen LogP contribution in [0.15, 0.2) is 0 Å². The van der Waals surface area contributed by atoms with Crippen LogP contribution in [0.2, 0.25) is 0 Å². The molecular weight excluding hydrogens is 709 g/mol. The molecule has 1 atom stereocenters. The minimum Gasteiger partial charge on any atom is -0.394 e. The van der Waals surface area contributed by atoms with Crippen LogP contribution >= 0.6 is 0 Å². The lowest BCUT2D eigenvalue weighted by Crippen LogP contribution is -2.47. The molecule has 0 aliphatic carbocycles. The molecule has 0 fully saturated rings. The Morgan fingerprint density at radius 3 is 0.690 bits per heavy atom. The predicted octanol–water partition coefficient (Wildman–Crippen LogP) is 18.9. The van der Waals surface area contributed by atoms with Gasteiger partial charge in [0.05, 0.1) is 12.2 Å². The lowest BCUT2D eigenvalue weighted by molar-refractivity contribution is -0.148. The summed E-state index contributed by atoms with van der Waals surface area (Å²) in [4.78, 5) is 0. The van der Waals surface area contributed by atoms with Gasteiger partial charge in [-0.25, -0.2) is 0 Å². The minimum atomic E-state index is -0.771. The Morgan fingerprint density at radius 2 is 0.483 bits per heavy atom. The average Bonchev–Trinajstić information content (AvgIpc) is 3.24. The van der Waals surface area contributed by atoms with Crippen LogP contribution in [0.1, 0.15) is 329 Å². The largest absolute Gasteiger partial charge is 0.394 e. The van der Waals surface area contributed by atoms with Gasteiger partial charge in [-0.3, -0.25) is 0 Å². The van der Waals surface area contributed by atoms with E-state index in [1.807, 2.05) is 0 Å². The molecule has 0 aromatic rings. The molecule has 2 N–H and O–H groups in total. The number of aliphatic hydroxyl groups is 2. The molecular formula is C55H112O3. The van der Waals surface area contributed by atoms with Gasteiger partial charge >= 0.3 is 0 Å². The van der Waals surface area contributed by atoms with Crippen molar-refractivity contribution in [3.63, 3.8) is 0 Å². The zero-order valence-electron chi connectivity index (χ0n) is 40.7. The SMILES string of the molecule is CCCCCCCCCCCCCCCCCCC(CCCCCCCCCCCCCCCCCC)(OCCCCCCCCCCCCCCCC)C(O)CO. The van der Waals surface area contributed by atoms with Gasteiger partial charge in [0.2, 0.25) is 0 Å². The maximum absolute atomic E-state index is 11.3. The van der Waals surface area contributed by atoms with Gasteiger partial charge in [0.25, 0.3) is 0 Å². The van der Waals surface area contributed by atoms with E-state index in [2.05, 4.69) is 20.8 Å². The van der Waals surface area contributed by atoms with E-state index in [1.54, 1.807) is 0 Å². The van der Waals surface area contributed by atoms with Crippen molar-refractivity contribution in [2.75, 3.05) is 13.2 Å². The van der Waals surface area contributed by atoms with Crippen molar-refractivity contribution in [2.45, 2.75) is 341 Å². The van der Waals surface area contributed by atoms with E-state index in [0.717, 1.165) is 38.7 Å². The molecule has 3 heteroatoms. The standard InChI is InChI=1S/C55H112O3/c1-4-7-10-13-16-19-22-25-28-30-32-35-38-41-44-47-50-55(54(57)53-56,58-52-49-46-43-40-37-34-27-24-21-18-15-12-9-6-3)51-48-45-42-39-36-33-31-29-26-23-20-17-14-11-8-5-2/h54,56-57H,4-53H2,1-3H3. The lowest BCUT2D eigenvalue weighted by atomic mass is 9.84. The fourth-order valence-electron chi connectivity index (χ4n) is 9.38. The third-order valence-electron chi connectivity index (χ3n) is 13.6. The highest BCUT2D eigenvalue weighted by molar-refractivity contribution is 4.89. The average molecular weight is 821 g/mol. The topological polar surface area (TPSA) is 49.7 Å². The fraction of sp³-hybridized carbons (Fsp3) is 1.00. The predicted molar refractivity (Wildman–Crippen MR) is 260 cm³/mol. The first-order valence-corrected chi connectivity index (χ1v) is 27.6. The molecule has 0 spiro atoms. The Bertz CT molecular complexity index is 688. The van der Waals surface area contributed by atoms with Gasteiger partial charge in [0, 0.05) is 6.61 Å². The van der Waals surface area contributed by atoms with Crippen LogP contribution in [-0.2, 0) is 4.74 Å². The number of unbranched alkanes of at least 4 members (excludes halogenated alkanes) is 43. The highest BCUT2D eigenvalue weighted by atomic mass is 16.5. The van der Waals surface area contributed by atoms with Crippen LogP contribution in [0, 0.1) is 0 Å². The summed E-state index contributed by atoms with van der Waals surface area (Å²) < 4.78 is 6.73. The van der Waals surface area contributed by atoms with E-state index in [9.17, 15) is 10.2 Å². The minimum absolute atomic E-state index is 0.184. The highest BCUT2D eigenvalue weighted by Crippen LogP contribution is 2.32. The number of rotatable bonds is 52. The van der Waals surface area contributed by atoms with E-state index in [-0.39, 0.29) is 6.61 Å². The molecule has 0 amide bonds. The smallest absolute Gasteiger partial charge is 0.106 e. The van der Waals surface area contributed by atoms with Crippen LogP contribution < -0.4 is 0 Å². The van der Waals surface area contributed by atoms with Crippen molar-refractivity contribution in [3.8, 4) is 0 Å². The number of hydrogen-bond acceptors (Lipinski definition) is 3. The van der Waals surface area contributed by atoms with E-state index < -0.39 is 11.7 Å². The van der Waals surface area contributed by atoms with Crippen LogP contribution in [0.3, 0.4) is 0 Å². The van der Waals surface area contributed by atoms with E-state index in [0.29, 0.717) is 0 Å². The van der Waals surface area contributed by atoms with Gasteiger partial charge in [-0.05, 0) is 19.3 Å². The third kappa shape index (κ3) is 41.2. The highest BCUT2D eigenvalue weighted by Gasteiger charge is 2.37. The van der Waals surface area contributed by atoms with Gasteiger partial charge in [0.1, 0.15) is 6.10 Å². The molecule has 0 saturated heterocycles. The van der Waals surface area contributed by atoms with Crippen molar-refractivity contribution < 1.29 is 14.9 Å². The van der Waals surface area contributed by atoms with Crippen LogP contribution in [0.5, 0.6) is 0 Å². The van der Waals surface area contributed by atoms with Crippen molar-refractivity contribution in [3.05, 3.63) is 0 Å². The zero-order valence-corrected chi connectivity index (χ0v) is 40.7. The van der Waals surface area contributed by atoms with Gasteiger partial charge in [-0.1, -0.05) is 310 Å². The molecule has 0 rings (SSSR count). The molecule has 3 nitrogen and oxygen atoms in total. The van der Waals surface area contributed by atoms with Crippen LogP contribution in [0.25, 0.3) is 0 Å². The first-order chi connectivity index (χ1) is 28.7. The van der Waals surface area contributed by atoms with E-state index in [4.69, 9.17) is 4.74 Å². The molecule has 0 heterocycles. The Morgan fingerprint density at radius 1 is 0.293 bits per heavy atom. The van der Waals surface area contributed by atoms with Crippen molar-refractivity contribution in [2.24, 2.45) is 0 Å². The first-order valence-electron chi connectivity index (χ1n) is 27.6. The molecule has 0 aromatic heterocycles. The molecule has 350 valence electrons. The molecule has 58 heavy (non-hydrogen) atoms. The molecule has 0 radical (unpaired) electrons. The summed E-state index contributed by atoms with van der Waals surface area (Å²) in [6, 6.07) is 0. The Labute approximate surface area is 367 Å². The fourth-order valence-corrected chi connectivity index (χ4v) is 9.38. The van der Waals surface area contributed by atoms with E-state index >= 15 is 0 Å². The number of hydrogen-bond donors (Lipinski definition) is 2. The summed E-state index contributed by atoms with van der Waals surface area (Å²) >= 11 is 0. The van der Waals surface area contributed by atoms with Gasteiger partial charge < -0.3 is 14.9 Å². The van der Waals surface area contributed by atoms with Gasteiger partial charge in [-0.15, -0.1) is 0 Å². The lowest BCUT2D eigenvalue weighted by Gasteiger charge is -2.38. The van der Waals surface area contributed by atoms with Gasteiger partial charge in [-0.2, -0.15) is 0 Å². The van der Waals surface area contributed by atoms with E-state index in [1.165, 1.54) is 276 Å². The molecule has 0 aromatic carbocycles. The second-order valence-corrected chi connectivity index (χ2v) is 19.3. The molecule has 0 aliphatic heterocycles. The molecule has 0 saturated carbocycles. The Balaban J connectivity index is 4.43. The number of aliphatic hydroxyl groups excluding tert-OH is 2. The van der Waals surface area contributed by atoms with Crippen molar-refractivity contribution in [1.82, 2.24) is 0 Å². The Kier molecular flexibility index (Phi) is 49.4. The van der Waals surface area contributed by atoms with Crippen molar-refractivity contribution in [1.29, 1.82) is 0 Å². The van der Waals surface area contributed by atoms with Crippen LogP contribution in [0.4, 0.5) is 0 Å². The molecule has 0 bridgehead atoms. The quantitative estimate of drug-likeness (QED) is 0.0601. The monoisotopic (exact) mass is 821 g/mol. The summed E-state index contributed by atoms with van der Waals surface area (Å²) in [5.41, 5.74) is -0.572. The molecule has 1 unspecified atom stereocenters. The summed E-state index contributed by atoms with van der Waals surface area (Å²) in [7, 11) is 0. The molecule has 0 aliphatic rings. The van der Waals surface area contributed by atoms with Crippen molar-refractivity contribution >= 4 is 0 Å². The second-order valence-electron chi connectivity index (χ2n) is 19.3. The maximum Gasteiger partial charge on any atom is 0.106 e. The summed E-state index contributed by atoms with van der Waals surface area (Å²) in [6.45, 7) is 7.45. The second kappa shape index (κ2) is 49.5. The summed E-state index contributed by atoms with van der Waals surface area (Å²) in [5, 5.41) is 21.5. The first kappa shape index (κ1) is 57.9. The van der Waals surface area contributed by atoms with Crippen LogP contribution in [-0.4, -0.2) is 35.1 Å². The maximum atomic E-state index is 11.3. The normalized spacial score (nSPS) is 12.6.